The van der Waals surface area contributed by atoms with Crippen LogP contribution >= 0.6 is 0 Å². The van der Waals surface area contributed by atoms with Gasteiger partial charge in [-0.15, -0.1) is 0 Å². The number of primary amides is 2. The number of unbranched alkanes of at least 4 members (excludes halogenated alkanes) is 9. The Morgan fingerprint density at radius 1 is 0.814 bits per heavy atom. The minimum Gasteiger partial charge on any atom is -0.508 e. The zero-order chi connectivity index (χ0) is 31.6. The quantitative estimate of drug-likeness (QED) is 0.101. The van der Waals surface area contributed by atoms with Crippen molar-refractivity contribution in [2.24, 2.45) is 11.5 Å². The summed E-state index contributed by atoms with van der Waals surface area (Å²) >= 11 is 0. The summed E-state index contributed by atoms with van der Waals surface area (Å²) in [6.45, 7) is 4.25. The van der Waals surface area contributed by atoms with E-state index in [9.17, 15) is 19.5 Å². The van der Waals surface area contributed by atoms with Crippen LogP contribution in [0.15, 0.2) is 36.4 Å². The van der Waals surface area contributed by atoms with Crippen LogP contribution in [0.4, 0.5) is 5.69 Å². The van der Waals surface area contributed by atoms with Gasteiger partial charge in [-0.25, -0.2) is 0 Å². The highest BCUT2D eigenvalue weighted by Gasteiger charge is 2.36. The van der Waals surface area contributed by atoms with Crippen LogP contribution in [0, 0.1) is 0 Å². The largest absolute Gasteiger partial charge is 0.508 e. The normalized spacial score (nSPS) is 15.2. The number of anilines is 1. The Morgan fingerprint density at radius 3 is 1.91 bits per heavy atom. The van der Waals surface area contributed by atoms with Crippen molar-refractivity contribution >= 4 is 30.2 Å². The van der Waals surface area contributed by atoms with E-state index in [1.165, 1.54) is 94.2 Å². The van der Waals surface area contributed by atoms with Crippen molar-refractivity contribution < 1.29 is 33.8 Å². The fraction of sp³-hybridized carbons (Fsp3) is 0.515. The Bertz CT molecular complexity index is 1150. The Hall–Kier alpha value is -3.92. The molecular formula is C33H47N3O7. The van der Waals surface area contributed by atoms with Crippen molar-refractivity contribution in [2.45, 2.75) is 109 Å². The second kappa shape index (κ2) is 19.3. The number of epoxide rings is 1. The van der Waals surface area contributed by atoms with Crippen molar-refractivity contribution in [1.29, 1.82) is 0 Å². The highest BCUT2D eigenvalue weighted by Crippen LogP contribution is 2.34. The molecule has 0 aromatic heterocycles. The summed E-state index contributed by atoms with van der Waals surface area (Å²) in [4.78, 5) is 44.0. The van der Waals surface area contributed by atoms with Gasteiger partial charge in [0.1, 0.15) is 18.3 Å². The van der Waals surface area contributed by atoms with Gasteiger partial charge in [-0.2, -0.15) is 0 Å². The predicted octanol–water partition coefficient (Wildman–Crippen LogP) is 6.38. The standard InChI is InChI=1S/C32H45N3O6.CH2O/c1-2-3-4-5-6-7-8-9-10-13-28-29(41-28)14-11-12-15-30(37)35-26-21-24(36)16-17-27(26)40-25-19-22(31(33)38)18-23(20-25)32(34)39;1-2/h16-21,28-29,36H,2-15H2,1H3,(H2,33,38)(H2,34,39)(H,35,37);1H2. The van der Waals surface area contributed by atoms with Crippen LogP contribution in [-0.4, -0.2) is 41.8 Å². The van der Waals surface area contributed by atoms with E-state index in [0.29, 0.717) is 25.0 Å². The first-order valence-corrected chi connectivity index (χ1v) is 15.3. The SMILES string of the molecule is C=O.CCCCCCCCCCCC1OC1CCCCC(=O)Nc1cc(O)ccc1Oc1cc(C(N)=O)cc(C(N)=O)c1. The van der Waals surface area contributed by atoms with E-state index in [-0.39, 0.29) is 40.0 Å². The summed E-state index contributed by atoms with van der Waals surface area (Å²) in [5.74, 6) is -1.41. The van der Waals surface area contributed by atoms with Gasteiger partial charge < -0.3 is 36.2 Å². The molecule has 2 unspecified atom stereocenters. The van der Waals surface area contributed by atoms with Gasteiger partial charge in [0.25, 0.3) is 0 Å². The molecule has 6 N–H and O–H groups in total. The number of carbonyl (C=O) groups excluding carboxylic acids is 4. The monoisotopic (exact) mass is 597 g/mol. The molecule has 1 saturated heterocycles. The fourth-order valence-electron chi connectivity index (χ4n) is 4.96. The number of rotatable bonds is 20. The number of amides is 3. The van der Waals surface area contributed by atoms with Crippen LogP contribution in [0.2, 0.25) is 0 Å². The summed E-state index contributed by atoms with van der Waals surface area (Å²) in [6.07, 6.45) is 16.6. The Morgan fingerprint density at radius 2 is 1.35 bits per heavy atom. The molecule has 1 fully saturated rings. The van der Waals surface area contributed by atoms with E-state index in [1.54, 1.807) is 0 Å². The maximum atomic E-state index is 12.6. The molecule has 1 heterocycles. The van der Waals surface area contributed by atoms with Crippen LogP contribution in [-0.2, 0) is 14.3 Å². The van der Waals surface area contributed by atoms with Crippen molar-refractivity contribution in [1.82, 2.24) is 0 Å². The molecule has 0 aliphatic carbocycles. The van der Waals surface area contributed by atoms with Gasteiger partial charge in [0, 0.05) is 23.6 Å². The lowest BCUT2D eigenvalue weighted by atomic mass is 10.0. The van der Waals surface area contributed by atoms with Crippen LogP contribution in [0.1, 0.15) is 118 Å². The first kappa shape index (κ1) is 35.3. The van der Waals surface area contributed by atoms with Gasteiger partial charge in [0.15, 0.2) is 5.75 Å². The summed E-state index contributed by atoms with van der Waals surface area (Å²) in [5, 5.41) is 12.7. The van der Waals surface area contributed by atoms with Gasteiger partial charge in [0.2, 0.25) is 17.7 Å². The molecule has 43 heavy (non-hydrogen) atoms. The number of benzene rings is 2. The number of phenols is 1. The molecule has 1 aliphatic heterocycles. The maximum Gasteiger partial charge on any atom is 0.248 e. The van der Waals surface area contributed by atoms with E-state index in [0.717, 1.165) is 19.3 Å². The number of carbonyl (C=O) groups is 4. The van der Waals surface area contributed by atoms with E-state index < -0.39 is 11.8 Å². The zero-order valence-corrected chi connectivity index (χ0v) is 25.3. The summed E-state index contributed by atoms with van der Waals surface area (Å²) in [7, 11) is 0. The molecule has 10 nitrogen and oxygen atoms in total. The topological polar surface area (TPSA) is 174 Å². The third kappa shape index (κ3) is 13.3. The molecular weight excluding hydrogens is 550 g/mol. The maximum absolute atomic E-state index is 12.6. The second-order valence-corrected chi connectivity index (χ2v) is 10.9. The van der Waals surface area contributed by atoms with Gasteiger partial charge >= 0.3 is 0 Å². The molecule has 0 spiro atoms. The van der Waals surface area contributed by atoms with Crippen molar-refractivity contribution in [3.8, 4) is 17.2 Å². The summed E-state index contributed by atoms with van der Waals surface area (Å²) in [6, 6.07) is 8.27. The van der Waals surface area contributed by atoms with Crippen LogP contribution < -0.4 is 21.5 Å². The molecule has 0 saturated carbocycles. The lowest BCUT2D eigenvalue weighted by Gasteiger charge is -2.14. The molecule has 3 rings (SSSR count). The third-order valence-electron chi connectivity index (χ3n) is 7.36. The van der Waals surface area contributed by atoms with Crippen LogP contribution in [0.25, 0.3) is 0 Å². The number of phenolic OH excluding ortho intramolecular Hbond substituents is 1. The minimum absolute atomic E-state index is 0.0516. The van der Waals surface area contributed by atoms with Gasteiger partial charge in [-0.3, -0.25) is 14.4 Å². The van der Waals surface area contributed by atoms with Gasteiger partial charge in [-0.05, 0) is 49.6 Å². The molecule has 2 aromatic rings. The van der Waals surface area contributed by atoms with Crippen LogP contribution in [0.3, 0.4) is 0 Å². The first-order valence-electron chi connectivity index (χ1n) is 15.3. The first-order chi connectivity index (χ1) is 20.8. The lowest BCUT2D eigenvalue weighted by molar-refractivity contribution is -0.116. The molecule has 0 bridgehead atoms. The number of hydrogen-bond donors (Lipinski definition) is 4. The molecule has 10 heteroatoms. The smallest absolute Gasteiger partial charge is 0.248 e. The van der Waals surface area contributed by atoms with Crippen molar-refractivity contribution in [2.75, 3.05) is 5.32 Å². The van der Waals surface area contributed by atoms with Gasteiger partial charge in [-0.1, -0.05) is 71.1 Å². The number of aromatic hydroxyl groups is 1. The number of nitrogens with two attached hydrogens (primary N) is 2. The highest BCUT2D eigenvalue weighted by atomic mass is 16.6. The van der Waals surface area contributed by atoms with E-state index in [1.807, 2.05) is 6.79 Å². The molecule has 2 atom stereocenters. The number of nitrogens with one attached hydrogen (secondary N) is 1. The fourth-order valence-corrected chi connectivity index (χ4v) is 4.96. The molecule has 1 aliphatic rings. The molecule has 2 aromatic carbocycles. The Kier molecular flexibility index (Phi) is 15.8. The zero-order valence-electron chi connectivity index (χ0n) is 25.3. The highest BCUT2D eigenvalue weighted by molar-refractivity contribution is 5.99. The number of ether oxygens (including phenoxy) is 2. The summed E-state index contributed by atoms with van der Waals surface area (Å²) < 4.78 is 11.7. The average Bonchev–Trinajstić information content (AvgIpc) is 3.74. The third-order valence-corrected chi connectivity index (χ3v) is 7.36. The second-order valence-electron chi connectivity index (χ2n) is 10.9. The van der Waals surface area contributed by atoms with Gasteiger partial charge in [0.05, 0.1) is 17.9 Å². The van der Waals surface area contributed by atoms with Crippen molar-refractivity contribution in [3.63, 3.8) is 0 Å². The van der Waals surface area contributed by atoms with Crippen LogP contribution in [0.5, 0.6) is 17.2 Å². The summed E-state index contributed by atoms with van der Waals surface area (Å²) in [5.41, 5.74) is 11.1. The lowest BCUT2D eigenvalue weighted by Crippen LogP contribution is -2.15. The van der Waals surface area contributed by atoms with Crippen molar-refractivity contribution in [3.05, 3.63) is 47.5 Å². The van der Waals surface area contributed by atoms with E-state index in [2.05, 4.69) is 12.2 Å². The Labute approximate surface area is 254 Å². The molecule has 236 valence electrons. The minimum atomic E-state index is -0.747. The Balaban J connectivity index is 0.00000316. The van der Waals surface area contributed by atoms with E-state index >= 15 is 0 Å². The molecule has 0 radical (unpaired) electrons. The predicted molar refractivity (Wildman–Crippen MR) is 166 cm³/mol. The average molecular weight is 598 g/mol. The number of hydrogen-bond acceptors (Lipinski definition) is 7. The van der Waals surface area contributed by atoms with E-state index in [4.69, 9.17) is 25.7 Å². The molecule has 3 amide bonds.